The summed E-state index contributed by atoms with van der Waals surface area (Å²) in [4.78, 5) is 30.6. The number of pyridine rings is 1. The van der Waals surface area contributed by atoms with Crippen LogP contribution in [0.1, 0.15) is 35.3 Å². The fraction of sp³-hybridized carbons (Fsp3) is 0.190. The van der Waals surface area contributed by atoms with E-state index in [2.05, 4.69) is 10.3 Å². The van der Waals surface area contributed by atoms with Crippen LogP contribution >= 0.6 is 11.3 Å². The van der Waals surface area contributed by atoms with E-state index < -0.39 is 6.04 Å². The minimum Gasteiger partial charge on any atom is -0.324 e. The van der Waals surface area contributed by atoms with Gasteiger partial charge < -0.3 is 16.0 Å². The molecule has 1 atom stereocenters. The Morgan fingerprint density at radius 2 is 1.86 bits per heavy atom. The van der Waals surface area contributed by atoms with Gasteiger partial charge in [0.2, 0.25) is 5.91 Å². The fourth-order valence-electron chi connectivity index (χ4n) is 2.81. The smallest absolute Gasteiger partial charge is 0.255 e. The second kappa shape index (κ2) is 9.25. The molecule has 0 saturated carbocycles. The van der Waals surface area contributed by atoms with Crippen molar-refractivity contribution in [2.24, 2.45) is 5.73 Å². The molecule has 144 valence electrons. The summed E-state index contributed by atoms with van der Waals surface area (Å²) in [6.07, 6.45) is 3.43. The van der Waals surface area contributed by atoms with Crippen molar-refractivity contribution in [1.82, 2.24) is 4.98 Å². The molecule has 2 heterocycles. The molecule has 1 aromatic carbocycles. The van der Waals surface area contributed by atoms with E-state index in [4.69, 9.17) is 5.73 Å². The van der Waals surface area contributed by atoms with Gasteiger partial charge in [-0.05, 0) is 54.3 Å². The van der Waals surface area contributed by atoms with Crippen molar-refractivity contribution in [2.75, 3.05) is 16.8 Å². The minimum absolute atomic E-state index is 0.0167. The van der Waals surface area contributed by atoms with Crippen LogP contribution < -0.4 is 16.0 Å². The third-order valence-corrected chi connectivity index (χ3v) is 5.21. The number of benzene rings is 1. The van der Waals surface area contributed by atoms with Gasteiger partial charge in [-0.1, -0.05) is 12.1 Å². The molecule has 3 aromatic rings. The Balaban J connectivity index is 1.62. The topological polar surface area (TPSA) is 88.3 Å². The third-order valence-electron chi connectivity index (χ3n) is 4.32. The maximum Gasteiger partial charge on any atom is 0.255 e. The number of rotatable bonds is 7. The summed E-state index contributed by atoms with van der Waals surface area (Å²) in [6, 6.07) is 13.9. The molecular weight excluding hydrogens is 372 g/mol. The molecule has 0 aliphatic heterocycles. The molecule has 28 heavy (non-hydrogen) atoms. The first-order valence-corrected chi connectivity index (χ1v) is 9.87. The summed E-state index contributed by atoms with van der Waals surface area (Å²) in [5.74, 6) is -0.228. The van der Waals surface area contributed by atoms with E-state index in [0.717, 1.165) is 10.6 Å². The predicted molar refractivity (Wildman–Crippen MR) is 113 cm³/mol. The van der Waals surface area contributed by atoms with E-state index in [1.54, 1.807) is 53.7 Å². The van der Waals surface area contributed by atoms with Gasteiger partial charge in [-0.25, -0.2) is 0 Å². The van der Waals surface area contributed by atoms with Crippen LogP contribution in [-0.2, 0) is 4.79 Å². The van der Waals surface area contributed by atoms with Gasteiger partial charge in [0.25, 0.3) is 5.91 Å². The Kier molecular flexibility index (Phi) is 6.52. The molecule has 7 heteroatoms. The van der Waals surface area contributed by atoms with Crippen molar-refractivity contribution in [3.63, 3.8) is 0 Å². The predicted octanol–water partition coefficient (Wildman–Crippen LogP) is 3.84. The Hall–Kier alpha value is -3.03. The number of nitrogens with two attached hydrogens (primary N) is 1. The third kappa shape index (κ3) is 4.82. The molecule has 0 bridgehead atoms. The Morgan fingerprint density at radius 1 is 1.14 bits per heavy atom. The second-order valence-corrected chi connectivity index (χ2v) is 7.14. The van der Waals surface area contributed by atoms with E-state index in [1.165, 1.54) is 11.3 Å². The Bertz CT molecular complexity index is 911. The average Bonchev–Trinajstić information content (AvgIpc) is 3.23. The van der Waals surface area contributed by atoms with Gasteiger partial charge in [-0.15, -0.1) is 11.3 Å². The zero-order chi connectivity index (χ0) is 19.9. The van der Waals surface area contributed by atoms with Crippen LogP contribution in [0.15, 0.2) is 66.3 Å². The highest BCUT2D eigenvalue weighted by atomic mass is 32.1. The van der Waals surface area contributed by atoms with Crippen LogP contribution in [0, 0.1) is 0 Å². The van der Waals surface area contributed by atoms with Gasteiger partial charge in [-0.3, -0.25) is 14.6 Å². The minimum atomic E-state index is -0.432. The number of nitrogens with zero attached hydrogens (tertiary/aromatic N) is 2. The molecule has 0 saturated heterocycles. The number of amides is 2. The van der Waals surface area contributed by atoms with Gasteiger partial charge in [0.15, 0.2) is 0 Å². The molecule has 1 unspecified atom stereocenters. The van der Waals surface area contributed by atoms with Crippen LogP contribution in [0.3, 0.4) is 0 Å². The highest BCUT2D eigenvalue weighted by Gasteiger charge is 2.19. The molecule has 0 aliphatic rings. The van der Waals surface area contributed by atoms with Crippen LogP contribution in [0.25, 0.3) is 0 Å². The first-order valence-electron chi connectivity index (χ1n) is 8.99. The molecule has 0 fully saturated rings. The molecule has 0 spiro atoms. The number of thiophene rings is 1. The van der Waals surface area contributed by atoms with E-state index >= 15 is 0 Å². The highest BCUT2D eigenvalue weighted by molar-refractivity contribution is 7.14. The van der Waals surface area contributed by atoms with Gasteiger partial charge in [0, 0.05) is 42.7 Å². The lowest BCUT2D eigenvalue weighted by Gasteiger charge is -2.21. The molecule has 6 nitrogen and oxygen atoms in total. The largest absolute Gasteiger partial charge is 0.324 e. The Labute approximate surface area is 168 Å². The van der Waals surface area contributed by atoms with Gasteiger partial charge in [-0.2, -0.15) is 0 Å². The fourth-order valence-corrected chi connectivity index (χ4v) is 3.63. The zero-order valence-electron chi connectivity index (χ0n) is 15.5. The summed E-state index contributed by atoms with van der Waals surface area (Å²) in [7, 11) is 0. The molecule has 2 aromatic heterocycles. The van der Waals surface area contributed by atoms with E-state index in [9.17, 15) is 9.59 Å². The summed E-state index contributed by atoms with van der Waals surface area (Å²) in [5.41, 5.74) is 8.26. The Morgan fingerprint density at radius 3 is 2.46 bits per heavy atom. The number of carbonyl (C=O) groups is 2. The van der Waals surface area contributed by atoms with Crippen molar-refractivity contribution >= 4 is 33.8 Å². The van der Waals surface area contributed by atoms with Gasteiger partial charge in [0.05, 0.1) is 5.00 Å². The first-order chi connectivity index (χ1) is 13.6. The molecular formula is C21H22N4O2S. The number of nitrogens with one attached hydrogen (secondary N) is 1. The monoisotopic (exact) mass is 394 g/mol. The lowest BCUT2D eigenvalue weighted by molar-refractivity contribution is -0.118. The maximum absolute atomic E-state index is 12.6. The normalized spacial score (nSPS) is 11.6. The quantitative estimate of drug-likeness (QED) is 0.637. The lowest BCUT2D eigenvalue weighted by Crippen LogP contribution is -2.32. The standard InChI is InChI=1S/C21H22N4O2S/c1-2-25(20-4-3-13-28-20)19(26)14-18(22)15-5-7-16(8-6-15)21(27)24-17-9-11-23-12-10-17/h3-13,18H,2,14,22H2,1H3,(H,23,24,27). The summed E-state index contributed by atoms with van der Waals surface area (Å²) >= 11 is 1.53. The summed E-state index contributed by atoms with van der Waals surface area (Å²) in [6.45, 7) is 2.54. The molecule has 0 aliphatic carbocycles. The number of hydrogen-bond donors (Lipinski definition) is 2. The van der Waals surface area contributed by atoms with Crippen LogP contribution in [0.2, 0.25) is 0 Å². The van der Waals surface area contributed by atoms with Crippen molar-refractivity contribution in [3.05, 3.63) is 77.4 Å². The maximum atomic E-state index is 12.6. The first kappa shape index (κ1) is 19.7. The van der Waals surface area contributed by atoms with E-state index in [0.29, 0.717) is 17.8 Å². The average molecular weight is 395 g/mol. The second-order valence-electron chi connectivity index (χ2n) is 6.21. The zero-order valence-corrected chi connectivity index (χ0v) is 16.4. The van der Waals surface area contributed by atoms with Crippen molar-refractivity contribution in [2.45, 2.75) is 19.4 Å². The molecule has 3 N–H and O–H groups in total. The number of aromatic nitrogens is 1. The van der Waals surface area contributed by atoms with Gasteiger partial charge >= 0.3 is 0 Å². The number of anilines is 2. The number of carbonyl (C=O) groups excluding carboxylic acids is 2. The highest BCUT2D eigenvalue weighted by Crippen LogP contribution is 2.24. The van der Waals surface area contributed by atoms with Crippen molar-refractivity contribution < 1.29 is 9.59 Å². The molecule has 2 amide bonds. The van der Waals surface area contributed by atoms with Crippen LogP contribution in [0.4, 0.5) is 10.7 Å². The molecule has 3 rings (SSSR count). The van der Waals surface area contributed by atoms with Gasteiger partial charge in [0.1, 0.15) is 0 Å². The lowest BCUT2D eigenvalue weighted by atomic mass is 10.0. The number of hydrogen-bond acceptors (Lipinski definition) is 5. The van der Waals surface area contributed by atoms with Crippen LogP contribution in [0.5, 0.6) is 0 Å². The van der Waals surface area contributed by atoms with Crippen LogP contribution in [-0.4, -0.2) is 23.3 Å². The van der Waals surface area contributed by atoms with E-state index in [-0.39, 0.29) is 18.2 Å². The summed E-state index contributed by atoms with van der Waals surface area (Å²) in [5, 5.41) is 5.67. The van der Waals surface area contributed by atoms with Crippen molar-refractivity contribution in [3.8, 4) is 0 Å². The molecule has 0 radical (unpaired) electrons. The SMILES string of the molecule is CCN(C(=O)CC(N)c1ccc(C(=O)Nc2ccncc2)cc1)c1cccs1. The van der Waals surface area contributed by atoms with Crippen molar-refractivity contribution in [1.29, 1.82) is 0 Å². The summed E-state index contributed by atoms with van der Waals surface area (Å²) < 4.78 is 0. The van der Waals surface area contributed by atoms with E-state index in [1.807, 2.05) is 24.4 Å².